The van der Waals surface area contributed by atoms with Crippen molar-refractivity contribution in [1.29, 1.82) is 0 Å². The van der Waals surface area contributed by atoms with Gasteiger partial charge in [-0.25, -0.2) is 9.69 Å². The van der Waals surface area contributed by atoms with Crippen LogP contribution in [0.1, 0.15) is 81.7 Å². The summed E-state index contributed by atoms with van der Waals surface area (Å²) in [5.41, 5.74) is -0.746. The van der Waals surface area contributed by atoms with Crippen molar-refractivity contribution in [3.8, 4) is 5.75 Å². The largest absolute Gasteiger partial charge is 0.496 e. The van der Waals surface area contributed by atoms with E-state index in [1.54, 1.807) is 7.11 Å². The van der Waals surface area contributed by atoms with Crippen LogP contribution in [0.2, 0.25) is 0 Å². The number of H-pyrrole nitrogens is 1. The average Bonchev–Trinajstić information content (AvgIpc) is 3.96. The zero-order valence-electron chi connectivity index (χ0n) is 35.7. The molecule has 7 aliphatic rings. The molecule has 1 saturated carbocycles. The number of piperidine rings is 1. The van der Waals surface area contributed by atoms with Gasteiger partial charge in [0.2, 0.25) is 5.60 Å². The number of aromatic amines is 1. The average molecular weight is 840 g/mol. The number of imide groups is 1. The van der Waals surface area contributed by atoms with Gasteiger partial charge in [-0.2, -0.15) is 0 Å². The number of para-hydroxylation sites is 1. The highest BCUT2D eigenvalue weighted by Crippen LogP contribution is 2.73. The van der Waals surface area contributed by atoms with Gasteiger partial charge in [0, 0.05) is 103 Å². The summed E-state index contributed by atoms with van der Waals surface area (Å²) >= 11 is 6.24. The lowest BCUT2D eigenvalue weighted by atomic mass is 9.44. The van der Waals surface area contributed by atoms with Gasteiger partial charge in [0.25, 0.3) is 5.91 Å². The topological polar surface area (TPSA) is 128 Å². The summed E-state index contributed by atoms with van der Waals surface area (Å²) < 4.78 is 19.1. The van der Waals surface area contributed by atoms with E-state index >= 15 is 9.59 Å². The maximum Gasteiger partial charge on any atom is 0.417 e. The van der Waals surface area contributed by atoms with Crippen molar-refractivity contribution in [3.05, 3.63) is 70.9 Å². The maximum absolute atomic E-state index is 15.4. The molecule has 13 heteroatoms. The zero-order valence-corrected chi connectivity index (χ0v) is 36.5. The van der Waals surface area contributed by atoms with Gasteiger partial charge in [-0.1, -0.05) is 44.2 Å². The number of nitrogens with one attached hydrogen (secondary N) is 1. The fourth-order valence-electron chi connectivity index (χ4n) is 14.3. The number of aromatic nitrogens is 1. The zero-order chi connectivity index (χ0) is 42.2. The normalized spacial score (nSPS) is 37.9. The summed E-state index contributed by atoms with van der Waals surface area (Å²) in [6, 6.07) is 12.5. The number of nitrogens with zero attached hydrogens (tertiary/aromatic N) is 4. The van der Waals surface area contributed by atoms with Crippen LogP contribution >= 0.6 is 11.6 Å². The van der Waals surface area contributed by atoms with E-state index < -0.39 is 45.0 Å². The minimum atomic E-state index is -1.54. The molecule has 1 aliphatic carbocycles. The Hall–Kier alpha value is -4.10. The van der Waals surface area contributed by atoms with Crippen molar-refractivity contribution in [2.75, 3.05) is 71.3 Å². The van der Waals surface area contributed by atoms with E-state index in [9.17, 15) is 9.90 Å². The molecule has 9 atom stereocenters. The van der Waals surface area contributed by atoms with Gasteiger partial charge in [0.05, 0.1) is 25.4 Å². The number of carbonyl (C=O) groups excluding carboxylic acids is 3. The monoisotopic (exact) mass is 839 g/mol. The van der Waals surface area contributed by atoms with Gasteiger partial charge in [-0.3, -0.25) is 19.4 Å². The van der Waals surface area contributed by atoms with Crippen LogP contribution in [-0.4, -0.2) is 132 Å². The molecular weight excluding hydrogens is 782 g/mol. The molecule has 320 valence electrons. The third kappa shape index (κ3) is 4.77. The third-order valence-corrected chi connectivity index (χ3v) is 17.1. The van der Waals surface area contributed by atoms with Crippen LogP contribution in [0.4, 0.5) is 10.5 Å². The lowest BCUT2D eigenvalue weighted by molar-refractivity contribution is -0.165. The first-order valence-electron chi connectivity index (χ1n) is 21.9. The number of halogens is 1. The Morgan fingerprint density at radius 3 is 2.62 bits per heavy atom. The van der Waals surface area contributed by atoms with Crippen molar-refractivity contribution >= 4 is 46.2 Å². The number of fused-ring (bicyclic) bond motifs is 7. The number of hydrogen-bond donors (Lipinski definition) is 2. The molecule has 4 fully saturated rings. The number of hydrogen-bond acceptors (Lipinski definition) is 10. The molecule has 10 rings (SSSR count). The fourth-order valence-corrected chi connectivity index (χ4v) is 14.5. The molecule has 60 heavy (non-hydrogen) atoms. The Balaban J connectivity index is 1.28. The summed E-state index contributed by atoms with van der Waals surface area (Å²) in [7, 11) is 5.14. The van der Waals surface area contributed by atoms with E-state index in [-0.39, 0.29) is 30.3 Å². The molecule has 4 unspecified atom stereocenters. The number of anilines is 1. The minimum Gasteiger partial charge on any atom is -0.496 e. The van der Waals surface area contributed by atoms with Gasteiger partial charge in [-0.15, -0.1) is 11.6 Å². The van der Waals surface area contributed by atoms with Crippen LogP contribution in [0.15, 0.2) is 48.6 Å². The Morgan fingerprint density at radius 2 is 1.88 bits per heavy atom. The molecule has 7 heterocycles. The molecule has 12 nitrogen and oxygen atoms in total. The van der Waals surface area contributed by atoms with E-state index in [1.165, 1.54) is 12.0 Å². The highest BCUT2D eigenvalue weighted by Gasteiger charge is 2.84. The quantitative estimate of drug-likeness (QED) is 0.169. The van der Waals surface area contributed by atoms with Crippen LogP contribution < -0.4 is 9.64 Å². The molecule has 3 saturated heterocycles. The van der Waals surface area contributed by atoms with Crippen LogP contribution in [0, 0.1) is 11.3 Å². The van der Waals surface area contributed by atoms with E-state index in [4.69, 9.17) is 25.8 Å². The number of aliphatic hydroxyl groups is 1. The van der Waals surface area contributed by atoms with E-state index in [1.807, 2.05) is 26.1 Å². The number of ether oxygens (including phenoxy) is 3. The van der Waals surface area contributed by atoms with Crippen molar-refractivity contribution in [3.63, 3.8) is 0 Å². The molecule has 2 aromatic carbocycles. The lowest BCUT2D eigenvalue weighted by Crippen LogP contribution is -2.80. The SMILES string of the molecule is CC[C@]1(O)C[C@H]2CN(CCc3c([nH]c4ccccc34)C(C(=O)OC)(c3cc4c(cc3OC)N(C)[C@@]3(C)C5(C[C@]6(CC)C=CCN7CCC43[C@@H]76)OC(=O)N(CCCl)C5=O)C2)C1. The first-order valence-corrected chi connectivity index (χ1v) is 22.4. The van der Waals surface area contributed by atoms with Gasteiger partial charge in [0.1, 0.15) is 11.2 Å². The van der Waals surface area contributed by atoms with E-state index in [0.29, 0.717) is 56.4 Å². The molecule has 2 bridgehead atoms. The second-order valence-corrected chi connectivity index (χ2v) is 19.5. The lowest BCUT2D eigenvalue weighted by Gasteiger charge is -2.65. The van der Waals surface area contributed by atoms with Crippen molar-refractivity contribution in [2.45, 2.75) is 99.3 Å². The number of methoxy groups -OCH3 is 2. The number of likely N-dealkylation sites (N-methyl/N-ethyl adjacent to an activating group) is 1. The van der Waals surface area contributed by atoms with Crippen LogP contribution in [0.25, 0.3) is 10.9 Å². The van der Waals surface area contributed by atoms with Crippen LogP contribution in [0.5, 0.6) is 5.75 Å². The van der Waals surface area contributed by atoms with Crippen molar-refractivity contribution < 1.29 is 33.7 Å². The smallest absolute Gasteiger partial charge is 0.417 e. The van der Waals surface area contributed by atoms with Crippen LogP contribution in [0.3, 0.4) is 0 Å². The minimum absolute atomic E-state index is 0.0427. The maximum atomic E-state index is 15.4. The molecule has 0 radical (unpaired) electrons. The first-order chi connectivity index (χ1) is 28.8. The molecule has 1 aromatic heterocycles. The molecule has 2 N–H and O–H groups in total. The number of amides is 2. The van der Waals surface area contributed by atoms with Crippen molar-refractivity contribution in [1.82, 2.24) is 19.7 Å². The Kier molecular flexibility index (Phi) is 8.97. The molecule has 2 amide bonds. The Labute approximate surface area is 357 Å². The Morgan fingerprint density at radius 1 is 1.08 bits per heavy atom. The summed E-state index contributed by atoms with van der Waals surface area (Å²) in [6.07, 6.45) is 7.82. The first kappa shape index (κ1) is 40.0. The van der Waals surface area contributed by atoms with Gasteiger partial charge in [-0.05, 0) is 81.2 Å². The summed E-state index contributed by atoms with van der Waals surface area (Å²) in [4.78, 5) is 56.7. The van der Waals surface area contributed by atoms with Crippen LogP contribution in [-0.2, 0) is 36.3 Å². The molecular formula is C47H58ClN5O7. The predicted octanol–water partition coefficient (Wildman–Crippen LogP) is 5.89. The van der Waals surface area contributed by atoms with Gasteiger partial charge < -0.3 is 29.2 Å². The Bertz CT molecular complexity index is 2350. The second kappa shape index (κ2) is 13.4. The number of benzene rings is 2. The number of rotatable bonds is 7. The third-order valence-electron chi connectivity index (χ3n) is 16.9. The highest BCUT2D eigenvalue weighted by molar-refractivity contribution is 6.18. The van der Waals surface area contributed by atoms with Crippen molar-refractivity contribution in [2.24, 2.45) is 11.3 Å². The number of alkyl halides is 1. The van der Waals surface area contributed by atoms with E-state index in [0.717, 1.165) is 66.0 Å². The second-order valence-electron chi connectivity index (χ2n) is 19.1. The molecule has 3 aromatic rings. The van der Waals surface area contributed by atoms with Gasteiger partial charge >= 0.3 is 12.1 Å². The predicted molar refractivity (Wildman–Crippen MR) is 229 cm³/mol. The summed E-state index contributed by atoms with van der Waals surface area (Å²) in [6.45, 7) is 10.0. The fraction of sp³-hybridized carbons (Fsp3) is 0.596. The summed E-state index contributed by atoms with van der Waals surface area (Å²) in [5.74, 6) is -0.179. The van der Waals surface area contributed by atoms with Gasteiger partial charge in [0.15, 0.2) is 0 Å². The standard InChI is InChI=1S/C47H58ClN5O7/c1-7-43-15-11-18-52-20-16-46(38(43)52)32-22-33(36(58-5)23-35(32)50(4)42(46,3)47(27-43)39(54)53(21-17-48)41(56)60-47)45(40(55)59-6)25-29-24-44(57,8-2)28-51(26-29)19-14-31-30-12-9-10-13-34(30)49-37(31)45/h9-13,15,22-23,29,38,49,57H,7-8,14,16-21,24-28H2,1-6H3/t29-,38+,42-,43+,44+,45?,46?,47?/m1/s1. The molecule has 6 aliphatic heterocycles. The summed E-state index contributed by atoms with van der Waals surface area (Å²) in [5, 5.41) is 13.1. The highest BCUT2D eigenvalue weighted by atomic mass is 35.5. The number of esters is 1. The number of carbonyl (C=O) groups is 3. The van der Waals surface area contributed by atoms with E-state index in [2.05, 4.69) is 69.9 Å². The molecule has 2 spiro atoms.